The molecule has 0 N–H and O–H groups in total. The number of nitrogens with zero attached hydrogens (tertiary/aromatic N) is 3. The maximum atomic E-state index is 13.3. The maximum Gasteiger partial charge on any atom is 0.227 e. The molecule has 156 valence electrons. The van der Waals surface area contributed by atoms with E-state index >= 15 is 0 Å². The van der Waals surface area contributed by atoms with Gasteiger partial charge in [0.2, 0.25) is 5.91 Å². The van der Waals surface area contributed by atoms with E-state index in [9.17, 15) is 9.18 Å². The van der Waals surface area contributed by atoms with Crippen LogP contribution in [0.5, 0.6) is 5.75 Å². The van der Waals surface area contributed by atoms with Crippen molar-refractivity contribution in [2.75, 3.05) is 18.1 Å². The molecule has 0 spiro atoms. The minimum Gasteiger partial charge on any atom is -0.492 e. The van der Waals surface area contributed by atoms with Crippen LogP contribution in [0.25, 0.3) is 11.0 Å². The summed E-state index contributed by atoms with van der Waals surface area (Å²) in [4.78, 5) is 19.3. The normalized spacial score (nSPS) is 16.2. The molecule has 2 heterocycles. The number of halogens is 1. The Balaban J connectivity index is 1.40. The van der Waals surface area contributed by atoms with Gasteiger partial charge in [-0.2, -0.15) is 0 Å². The van der Waals surface area contributed by atoms with Gasteiger partial charge in [0.05, 0.1) is 17.6 Å². The molecule has 31 heavy (non-hydrogen) atoms. The van der Waals surface area contributed by atoms with E-state index in [2.05, 4.69) is 4.57 Å². The number of carbonyl (C=O) groups is 1. The minimum atomic E-state index is -0.313. The SMILES string of the molecule is O=C1C[C@H](c2nc3ccccc3n2CCOc2ccccc2)CN1c1ccc(F)cc1. The molecule has 4 aromatic rings. The van der Waals surface area contributed by atoms with Gasteiger partial charge in [-0.1, -0.05) is 30.3 Å². The molecule has 6 heteroatoms. The first kappa shape index (κ1) is 19.3. The summed E-state index contributed by atoms with van der Waals surface area (Å²) in [5.41, 5.74) is 2.65. The number of ether oxygens (including phenoxy) is 1. The molecule has 1 fully saturated rings. The lowest BCUT2D eigenvalue weighted by Crippen LogP contribution is -2.24. The monoisotopic (exact) mass is 415 g/mol. The highest BCUT2D eigenvalue weighted by atomic mass is 19.1. The first-order valence-corrected chi connectivity index (χ1v) is 10.4. The van der Waals surface area contributed by atoms with Gasteiger partial charge in [0.25, 0.3) is 0 Å². The van der Waals surface area contributed by atoms with E-state index in [1.807, 2.05) is 54.6 Å². The number of carbonyl (C=O) groups excluding carboxylic acids is 1. The third-order valence-corrected chi connectivity index (χ3v) is 5.64. The van der Waals surface area contributed by atoms with E-state index in [-0.39, 0.29) is 17.6 Å². The first-order chi connectivity index (χ1) is 15.2. The van der Waals surface area contributed by atoms with Crippen molar-refractivity contribution in [3.63, 3.8) is 0 Å². The standard InChI is InChI=1S/C25H22FN3O2/c26-19-10-12-20(13-11-19)29-17-18(16-24(29)30)25-27-22-8-4-5-9-23(22)28(25)14-15-31-21-6-2-1-3-7-21/h1-13,18H,14-17H2/t18-/m0/s1. The van der Waals surface area contributed by atoms with Crippen molar-refractivity contribution in [2.45, 2.75) is 18.9 Å². The van der Waals surface area contributed by atoms with E-state index in [1.165, 1.54) is 12.1 Å². The summed E-state index contributed by atoms with van der Waals surface area (Å²) >= 11 is 0. The highest BCUT2D eigenvalue weighted by molar-refractivity contribution is 5.96. The van der Waals surface area contributed by atoms with Gasteiger partial charge in [0, 0.05) is 24.6 Å². The number of hydrogen-bond donors (Lipinski definition) is 0. The van der Waals surface area contributed by atoms with E-state index < -0.39 is 0 Å². The predicted octanol–water partition coefficient (Wildman–Crippen LogP) is 4.77. The fourth-order valence-electron chi connectivity index (χ4n) is 4.16. The molecule has 0 radical (unpaired) electrons. The Morgan fingerprint density at radius 1 is 0.968 bits per heavy atom. The summed E-state index contributed by atoms with van der Waals surface area (Å²) in [6.45, 7) is 1.65. The van der Waals surface area contributed by atoms with Crippen LogP contribution in [0.2, 0.25) is 0 Å². The lowest BCUT2D eigenvalue weighted by molar-refractivity contribution is -0.117. The number of amides is 1. The summed E-state index contributed by atoms with van der Waals surface area (Å²) in [6.07, 6.45) is 0.375. The van der Waals surface area contributed by atoms with Gasteiger partial charge in [-0.3, -0.25) is 4.79 Å². The largest absolute Gasteiger partial charge is 0.492 e. The smallest absolute Gasteiger partial charge is 0.227 e. The molecule has 1 saturated heterocycles. The zero-order chi connectivity index (χ0) is 21.2. The van der Waals surface area contributed by atoms with Gasteiger partial charge >= 0.3 is 0 Å². The molecule has 0 aliphatic carbocycles. The fourth-order valence-corrected chi connectivity index (χ4v) is 4.16. The van der Waals surface area contributed by atoms with Crippen LogP contribution in [-0.4, -0.2) is 28.6 Å². The van der Waals surface area contributed by atoms with Crippen LogP contribution in [0.1, 0.15) is 18.2 Å². The van der Waals surface area contributed by atoms with Crippen LogP contribution in [0.4, 0.5) is 10.1 Å². The Labute approximate surface area is 179 Å². The van der Waals surface area contributed by atoms with Crippen molar-refractivity contribution in [3.8, 4) is 5.75 Å². The van der Waals surface area contributed by atoms with E-state index in [0.29, 0.717) is 31.8 Å². The fraction of sp³-hybridized carbons (Fsp3) is 0.200. The molecule has 0 saturated carbocycles. The molecular formula is C25H22FN3O2. The first-order valence-electron chi connectivity index (χ1n) is 10.4. The molecule has 1 aliphatic heterocycles. The van der Waals surface area contributed by atoms with E-state index in [4.69, 9.17) is 9.72 Å². The number of aromatic nitrogens is 2. The molecule has 1 atom stereocenters. The highest BCUT2D eigenvalue weighted by Gasteiger charge is 2.34. The second-order valence-corrected chi connectivity index (χ2v) is 7.65. The van der Waals surface area contributed by atoms with Gasteiger partial charge in [-0.25, -0.2) is 9.37 Å². The Kier molecular flexibility index (Phi) is 5.12. The predicted molar refractivity (Wildman–Crippen MR) is 118 cm³/mol. The summed E-state index contributed by atoms with van der Waals surface area (Å²) < 4.78 is 21.4. The maximum absolute atomic E-state index is 13.3. The average molecular weight is 415 g/mol. The van der Waals surface area contributed by atoms with Crippen molar-refractivity contribution in [3.05, 3.63) is 90.5 Å². The van der Waals surface area contributed by atoms with Crippen LogP contribution in [0.3, 0.4) is 0 Å². The van der Waals surface area contributed by atoms with E-state index in [0.717, 1.165) is 22.6 Å². The van der Waals surface area contributed by atoms with Crippen molar-refractivity contribution in [2.24, 2.45) is 0 Å². The number of hydrogen-bond acceptors (Lipinski definition) is 3. The van der Waals surface area contributed by atoms with Crippen LogP contribution in [0.15, 0.2) is 78.9 Å². The van der Waals surface area contributed by atoms with Crippen molar-refractivity contribution in [1.29, 1.82) is 0 Å². The number of rotatable bonds is 6. The second-order valence-electron chi connectivity index (χ2n) is 7.65. The summed E-state index contributed by atoms with van der Waals surface area (Å²) in [6, 6.07) is 23.8. The van der Waals surface area contributed by atoms with Gasteiger partial charge in [-0.05, 0) is 48.5 Å². The zero-order valence-electron chi connectivity index (χ0n) is 16.9. The zero-order valence-corrected chi connectivity index (χ0v) is 16.9. The molecule has 1 aromatic heterocycles. The van der Waals surface area contributed by atoms with Crippen LogP contribution >= 0.6 is 0 Å². The lowest BCUT2D eigenvalue weighted by atomic mass is 10.1. The minimum absolute atomic E-state index is 0.0238. The van der Waals surface area contributed by atoms with Crippen LogP contribution in [-0.2, 0) is 11.3 Å². The Bertz CT molecular complexity index is 1200. The number of para-hydroxylation sites is 3. The van der Waals surface area contributed by atoms with Gasteiger partial charge < -0.3 is 14.2 Å². The molecule has 0 bridgehead atoms. The third-order valence-electron chi connectivity index (χ3n) is 5.64. The third kappa shape index (κ3) is 3.89. The number of benzene rings is 3. The summed E-state index contributed by atoms with van der Waals surface area (Å²) in [5, 5.41) is 0. The Morgan fingerprint density at radius 2 is 1.71 bits per heavy atom. The summed E-state index contributed by atoms with van der Waals surface area (Å²) in [7, 11) is 0. The second kappa shape index (κ2) is 8.22. The van der Waals surface area contributed by atoms with Gasteiger partial charge in [0.1, 0.15) is 24.0 Å². The lowest BCUT2D eigenvalue weighted by Gasteiger charge is -2.17. The number of fused-ring (bicyclic) bond motifs is 1. The highest BCUT2D eigenvalue weighted by Crippen LogP contribution is 2.33. The molecule has 0 unspecified atom stereocenters. The average Bonchev–Trinajstić information content (AvgIpc) is 3.36. The van der Waals surface area contributed by atoms with Gasteiger partial charge in [0.15, 0.2) is 0 Å². The van der Waals surface area contributed by atoms with Crippen molar-refractivity contribution >= 4 is 22.6 Å². The quantitative estimate of drug-likeness (QED) is 0.456. The molecule has 1 aliphatic rings. The van der Waals surface area contributed by atoms with Gasteiger partial charge in [-0.15, -0.1) is 0 Å². The topological polar surface area (TPSA) is 47.4 Å². The molecule has 3 aromatic carbocycles. The van der Waals surface area contributed by atoms with Crippen LogP contribution < -0.4 is 9.64 Å². The van der Waals surface area contributed by atoms with Crippen molar-refractivity contribution in [1.82, 2.24) is 9.55 Å². The number of anilines is 1. The number of imidazole rings is 1. The summed E-state index contributed by atoms with van der Waals surface area (Å²) in [5.74, 6) is 1.38. The molecule has 5 rings (SSSR count). The molecule has 1 amide bonds. The van der Waals surface area contributed by atoms with E-state index in [1.54, 1.807) is 17.0 Å². The molecular weight excluding hydrogens is 393 g/mol. The Morgan fingerprint density at radius 3 is 2.52 bits per heavy atom. The molecule has 5 nitrogen and oxygen atoms in total. The van der Waals surface area contributed by atoms with Crippen molar-refractivity contribution < 1.29 is 13.9 Å². The Hall–Kier alpha value is -3.67. The van der Waals surface area contributed by atoms with Crippen LogP contribution in [0, 0.1) is 5.82 Å².